The van der Waals surface area contributed by atoms with E-state index in [1.165, 1.54) is 6.42 Å². The number of halogens is 1. The second-order valence-corrected chi connectivity index (χ2v) is 8.96. The molecule has 3 nitrogen and oxygen atoms in total. The lowest BCUT2D eigenvalue weighted by Gasteiger charge is -2.39. The van der Waals surface area contributed by atoms with Crippen LogP contribution in [0.2, 0.25) is 5.02 Å². The minimum atomic E-state index is -1.33. The minimum Gasteiger partial charge on any atom is -0.459 e. The highest BCUT2D eigenvalue weighted by molar-refractivity contribution is 6.30. The third-order valence-corrected chi connectivity index (χ3v) is 6.50. The number of carbonyl (C=O) groups excluding carboxylic acids is 1. The predicted molar refractivity (Wildman–Crippen MR) is 117 cm³/mol. The van der Waals surface area contributed by atoms with Gasteiger partial charge in [-0.1, -0.05) is 81.3 Å². The molecule has 0 heterocycles. The summed E-state index contributed by atoms with van der Waals surface area (Å²) in [6, 6.07) is 16.8. The van der Waals surface area contributed by atoms with Crippen LogP contribution in [0.4, 0.5) is 0 Å². The molecule has 3 rings (SSSR count). The van der Waals surface area contributed by atoms with Crippen molar-refractivity contribution >= 4 is 17.6 Å². The molecule has 4 unspecified atom stereocenters. The van der Waals surface area contributed by atoms with Gasteiger partial charge in [-0.15, -0.1) is 0 Å². The van der Waals surface area contributed by atoms with Crippen LogP contribution in [0.15, 0.2) is 54.6 Å². The Kier molecular flexibility index (Phi) is 7.02. The van der Waals surface area contributed by atoms with Crippen LogP contribution in [0.3, 0.4) is 0 Å². The number of methoxy groups -OCH3 is 1. The number of hydrogen-bond donors (Lipinski definition) is 0. The highest BCUT2D eigenvalue weighted by Gasteiger charge is 2.46. The van der Waals surface area contributed by atoms with E-state index in [0.717, 1.165) is 18.4 Å². The molecule has 0 aliphatic heterocycles. The van der Waals surface area contributed by atoms with Crippen molar-refractivity contribution in [2.45, 2.75) is 51.7 Å². The summed E-state index contributed by atoms with van der Waals surface area (Å²) >= 11 is 6.10. The van der Waals surface area contributed by atoms with Crippen LogP contribution < -0.4 is 0 Å². The summed E-state index contributed by atoms with van der Waals surface area (Å²) < 4.78 is 12.2. The number of hydrogen-bond acceptors (Lipinski definition) is 3. The first kappa shape index (κ1) is 21.9. The molecular formula is C25H31ClO3. The molecule has 0 amide bonds. The average molecular weight is 415 g/mol. The van der Waals surface area contributed by atoms with Crippen LogP contribution in [-0.4, -0.2) is 19.2 Å². The smallest absolute Gasteiger partial charge is 0.348 e. The lowest BCUT2D eigenvalue weighted by Crippen LogP contribution is -2.45. The maximum atomic E-state index is 13.7. The van der Waals surface area contributed by atoms with Gasteiger partial charge in [-0.25, -0.2) is 4.79 Å². The van der Waals surface area contributed by atoms with E-state index >= 15 is 0 Å². The van der Waals surface area contributed by atoms with Crippen molar-refractivity contribution in [2.24, 2.45) is 17.8 Å². The minimum absolute atomic E-state index is 0.100. The predicted octanol–water partition coefficient (Wildman–Crippen LogP) is 6.23. The Morgan fingerprint density at radius 1 is 1.03 bits per heavy atom. The third-order valence-electron chi connectivity index (χ3n) is 6.24. The highest BCUT2D eigenvalue weighted by Crippen LogP contribution is 2.40. The van der Waals surface area contributed by atoms with Crippen LogP contribution >= 0.6 is 11.6 Å². The lowest BCUT2D eigenvalue weighted by atomic mass is 9.75. The highest BCUT2D eigenvalue weighted by atomic mass is 35.5. The Morgan fingerprint density at radius 3 is 2.24 bits per heavy atom. The molecular weight excluding hydrogens is 384 g/mol. The van der Waals surface area contributed by atoms with E-state index in [1.54, 1.807) is 19.2 Å². The molecule has 0 bridgehead atoms. The van der Waals surface area contributed by atoms with Gasteiger partial charge < -0.3 is 9.47 Å². The number of esters is 1. The van der Waals surface area contributed by atoms with Crippen molar-refractivity contribution < 1.29 is 14.3 Å². The average Bonchev–Trinajstić information content (AvgIpc) is 2.71. The van der Waals surface area contributed by atoms with Gasteiger partial charge in [0.05, 0.1) is 0 Å². The second kappa shape index (κ2) is 9.32. The zero-order valence-electron chi connectivity index (χ0n) is 17.7. The normalized spacial score (nSPS) is 24.1. The second-order valence-electron chi connectivity index (χ2n) is 8.53. The largest absolute Gasteiger partial charge is 0.459 e. The molecule has 1 aliphatic rings. The molecule has 4 atom stereocenters. The van der Waals surface area contributed by atoms with Gasteiger partial charge in [0.2, 0.25) is 5.60 Å². The summed E-state index contributed by atoms with van der Waals surface area (Å²) in [5.41, 5.74) is 0.138. The van der Waals surface area contributed by atoms with Crippen molar-refractivity contribution in [2.75, 3.05) is 7.11 Å². The summed E-state index contributed by atoms with van der Waals surface area (Å²) in [7, 11) is 1.56. The molecule has 0 aromatic heterocycles. The van der Waals surface area contributed by atoms with Crippen LogP contribution in [-0.2, 0) is 19.9 Å². The molecule has 0 spiro atoms. The Labute approximate surface area is 179 Å². The molecule has 4 heteroatoms. The standard InChI is InChI=1S/C25H31ClO3/c1-17(2)22-15-10-18(3)16-23(22)29-24(27)25(28-4,19-8-6-5-7-9-19)20-11-13-21(26)14-12-20/h5-9,11-14,17-18,22-23H,10,15-16H2,1-4H3. The van der Waals surface area contributed by atoms with E-state index in [0.29, 0.717) is 28.3 Å². The van der Waals surface area contributed by atoms with Crippen molar-refractivity contribution in [3.05, 3.63) is 70.7 Å². The molecule has 2 aromatic rings. The Bertz CT molecular complexity index is 803. The van der Waals surface area contributed by atoms with Gasteiger partial charge in [0.15, 0.2) is 0 Å². The lowest BCUT2D eigenvalue weighted by molar-refractivity contribution is -0.177. The zero-order chi connectivity index (χ0) is 21.0. The summed E-state index contributed by atoms with van der Waals surface area (Å²) in [6.45, 7) is 6.65. The summed E-state index contributed by atoms with van der Waals surface area (Å²) in [5.74, 6) is 1.01. The van der Waals surface area contributed by atoms with E-state index in [9.17, 15) is 4.79 Å². The van der Waals surface area contributed by atoms with Gasteiger partial charge in [-0.05, 0) is 53.9 Å². The first-order valence-corrected chi connectivity index (χ1v) is 10.8. The van der Waals surface area contributed by atoms with E-state index in [2.05, 4.69) is 20.8 Å². The molecule has 0 N–H and O–H groups in total. The van der Waals surface area contributed by atoms with Crippen LogP contribution in [0, 0.1) is 17.8 Å². The maximum absolute atomic E-state index is 13.7. The van der Waals surface area contributed by atoms with Crippen molar-refractivity contribution in [1.29, 1.82) is 0 Å². The molecule has 29 heavy (non-hydrogen) atoms. The fraction of sp³-hybridized carbons (Fsp3) is 0.480. The quantitative estimate of drug-likeness (QED) is 0.525. The van der Waals surface area contributed by atoms with Gasteiger partial charge in [0.1, 0.15) is 6.10 Å². The number of ether oxygens (including phenoxy) is 2. The van der Waals surface area contributed by atoms with Gasteiger partial charge in [-0.2, -0.15) is 0 Å². The first-order valence-electron chi connectivity index (χ1n) is 10.5. The fourth-order valence-corrected chi connectivity index (χ4v) is 4.68. The Morgan fingerprint density at radius 2 is 1.66 bits per heavy atom. The Hall–Kier alpha value is -1.84. The number of carbonyl (C=O) groups is 1. The monoisotopic (exact) mass is 414 g/mol. The van der Waals surface area contributed by atoms with Gasteiger partial charge in [-0.3, -0.25) is 0 Å². The van der Waals surface area contributed by atoms with Crippen molar-refractivity contribution in [3.63, 3.8) is 0 Å². The zero-order valence-corrected chi connectivity index (χ0v) is 18.5. The SMILES string of the molecule is COC(C(=O)OC1CC(C)CCC1C(C)C)(c1ccccc1)c1ccc(Cl)cc1. The first-order chi connectivity index (χ1) is 13.9. The van der Waals surface area contributed by atoms with Crippen molar-refractivity contribution in [3.8, 4) is 0 Å². The van der Waals surface area contributed by atoms with E-state index in [1.807, 2.05) is 42.5 Å². The van der Waals surface area contributed by atoms with Crippen LogP contribution in [0.1, 0.15) is 51.2 Å². The molecule has 0 saturated heterocycles. The Balaban J connectivity index is 2.01. The summed E-state index contributed by atoms with van der Waals surface area (Å²) in [5, 5.41) is 0.612. The third kappa shape index (κ3) is 4.51. The van der Waals surface area contributed by atoms with Crippen molar-refractivity contribution in [1.82, 2.24) is 0 Å². The van der Waals surface area contributed by atoms with Crippen LogP contribution in [0.5, 0.6) is 0 Å². The van der Waals surface area contributed by atoms with Gasteiger partial charge in [0, 0.05) is 12.1 Å². The topological polar surface area (TPSA) is 35.5 Å². The molecule has 156 valence electrons. The van der Waals surface area contributed by atoms with Gasteiger partial charge >= 0.3 is 5.97 Å². The van der Waals surface area contributed by atoms with Gasteiger partial charge in [0.25, 0.3) is 0 Å². The number of benzene rings is 2. The van der Waals surface area contributed by atoms with E-state index in [-0.39, 0.29) is 12.1 Å². The molecule has 2 aromatic carbocycles. The van der Waals surface area contributed by atoms with E-state index in [4.69, 9.17) is 21.1 Å². The maximum Gasteiger partial charge on any atom is 0.348 e. The number of rotatable bonds is 6. The summed E-state index contributed by atoms with van der Waals surface area (Å²) in [4.78, 5) is 13.7. The molecule has 1 saturated carbocycles. The molecule has 1 aliphatic carbocycles. The molecule has 1 fully saturated rings. The van der Waals surface area contributed by atoms with E-state index < -0.39 is 5.60 Å². The molecule has 0 radical (unpaired) electrons. The fourth-order valence-electron chi connectivity index (χ4n) is 4.55. The summed E-state index contributed by atoms with van der Waals surface area (Å²) in [6.07, 6.45) is 3.06. The van der Waals surface area contributed by atoms with Crippen LogP contribution in [0.25, 0.3) is 0 Å².